The van der Waals surface area contributed by atoms with Crippen molar-refractivity contribution in [3.05, 3.63) is 28.2 Å². The highest BCUT2D eigenvalue weighted by Crippen LogP contribution is 2.26. The number of ether oxygens (including phenoxy) is 1. The van der Waals surface area contributed by atoms with Gasteiger partial charge >= 0.3 is 0 Å². The first-order valence-electron chi connectivity index (χ1n) is 4.24. The van der Waals surface area contributed by atoms with Gasteiger partial charge in [-0.05, 0) is 39.9 Å². The predicted molar refractivity (Wildman–Crippen MR) is 70.7 cm³/mol. The van der Waals surface area contributed by atoms with Gasteiger partial charge < -0.3 is 4.74 Å². The Kier molecular flexibility index (Phi) is 5.98. The highest BCUT2D eigenvalue weighted by Gasteiger charge is 2.01. The van der Waals surface area contributed by atoms with E-state index in [1.807, 2.05) is 6.07 Å². The van der Waals surface area contributed by atoms with Crippen LogP contribution in [0.25, 0.3) is 0 Å². The summed E-state index contributed by atoms with van der Waals surface area (Å²) in [6, 6.07) is 6.14. The first-order chi connectivity index (χ1) is 6.77. The van der Waals surface area contributed by atoms with E-state index in [2.05, 4.69) is 50.2 Å². The van der Waals surface area contributed by atoms with Gasteiger partial charge in [-0.25, -0.2) is 0 Å². The van der Waals surface area contributed by atoms with E-state index in [-0.39, 0.29) is 0 Å². The average molecular weight is 340 g/mol. The van der Waals surface area contributed by atoms with Gasteiger partial charge in [0.25, 0.3) is 0 Å². The number of thioether (sulfide) groups is 1. The third kappa shape index (κ3) is 3.83. The van der Waals surface area contributed by atoms with Crippen molar-refractivity contribution >= 4 is 43.6 Å². The van der Waals surface area contributed by atoms with E-state index in [1.165, 1.54) is 5.56 Å². The molecule has 0 amide bonds. The Labute approximate surface area is 106 Å². The van der Waals surface area contributed by atoms with Gasteiger partial charge in [0, 0.05) is 11.1 Å². The second-order valence-corrected chi connectivity index (χ2v) is 5.14. The average Bonchev–Trinajstić information content (AvgIpc) is 2.20. The molecule has 4 heteroatoms. The Morgan fingerprint density at radius 2 is 2.21 bits per heavy atom. The summed E-state index contributed by atoms with van der Waals surface area (Å²) in [6.07, 6.45) is 2.08. The SMILES string of the molecule is CSCCOc1ccc(CBr)cc1Br. The third-order valence-electron chi connectivity index (χ3n) is 1.70. The summed E-state index contributed by atoms with van der Waals surface area (Å²) in [5.41, 5.74) is 1.24. The molecule has 0 bridgehead atoms. The van der Waals surface area contributed by atoms with Crippen molar-refractivity contribution in [3.63, 3.8) is 0 Å². The van der Waals surface area contributed by atoms with Crippen LogP contribution in [0.5, 0.6) is 5.75 Å². The quantitative estimate of drug-likeness (QED) is 0.590. The molecule has 14 heavy (non-hydrogen) atoms. The zero-order valence-electron chi connectivity index (χ0n) is 7.93. The van der Waals surface area contributed by atoms with Gasteiger partial charge in [-0.1, -0.05) is 22.0 Å². The molecule has 0 aliphatic rings. The van der Waals surface area contributed by atoms with Gasteiger partial charge in [-0.15, -0.1) is 0 Å². The highest BCUT2D eigenvalue weighted by atomic mass is 79.9. The van der Waals surface area contributed by atoms with Crippen LogP contribution in [-0.4, -0.2) is 18.6 Å². The lowest BCUT2D eigenvalue weighted by Crippen LogP contribution is -2.00. The van der Waals surface area contributed by atoms with E-state index >= 15 is 0 Å². The van der Waals surface area contributed by atoms with E-state index in [1.54, 1.807) is 11.8 Å². The standard InChI is InChI=1S/C10H12Br2OS/c1-14-5-4-13-10-3-2-8(7-11)6-9(10)12/h2-3,6H,4-5,7H2,1H3. The second-order valence-electron chi connectivity index (χ2n) is 2.74. The van der Waals surface area contributed by atoms with Crippen molar-refractivity contribution in [1.29, 1.82) is 0 Å². The summed E-state index contributed by atoms with van der Waals surface area (Å²) >= 11 is 8.69. The number of rotatable bonds is 5. The van der Waals surface area contributed by atoms with Crippen molar-refractivity contribution in [2.75, 3.05) is 18.6 Å². The van der Waals surface area contributed by atoms with Gasteiger partial charge in [0.15, 0.2) is 0 Å². The Bertz CT molecular complexity index is 291. The van der Waals surface area contributed by atoms with Crippen LogP contribution in [0.15, 0.2) is 22.7 Å². The second kappa shape index (κ2) is 6.75. The van der Waals surface area contributed by atoms with Crippen molar-refractivity contribution in [1.82, 2.24) is 0 Å². The number of benzene rings is 1. The minimum Gasteiger partial charge on any atom is -0.492 e. The molecule has 1 rings (SSSR count). The van der Waals surface area contributed by atoms with Crippen molar-refractivity contribution in [2.45, 2.75) is 5.33 Å². The van der Waals surface area contributed by atoms with Crippen LogP contribution < -0.4 is 4.74 Å². The fourth-order valence-corrected chi connectivity index (χ4v) is 2.12. The molecule has 78 valence electrons. The van der Waals surface area contributed by atoms with Crippen LogP contribution in [0.2, 0.25) is 0 Å². The fraction of sp³-hybridized carbons (Fsp3) is 0.400. The summed E-state index contributed by atoms with van der Waals surface area (Å²) < 4.78 is 6.62. The Morgan fingerprint density at radius 1 is 1.43 bits per heavy atom. The van der Waals surface area contributed by atoms with E-state index < -0.39 is 0 Å². The lowest BCUT2D eigenvalue weighted by atomic mass is 10.2. The van der Waals surface area contributed by atoms with Gasteiger partial charge in [-0.3, -0.25) is 0 Å². The van der Waals surface area contributed by atoms with E-state index in [4.69, 9.17) is 4.74 Å². The van der Waals surface area contributed by atoms with Crippen molar-refractivity contribution in [3.8, 4) is 5.75 Å². The van der Waals surface area contributed by atoms with Crippen molar-refractivity contribution in [2.24, 2.45) is 0 Å². The van der Waals surface area contributed by atoms with Gasteiger partial charge in [0.1, 0.15) is 5.75 Å². The third-order valence-corrected chi connectivity index (χ3v) is 3.54. The minimum atomic E-state index is 0.757. The normalized spacial score (nSPS) is 10.2. The zero-order chi connectivity index (χ0) is 10.4. The van der Waals surface area contributed by atoms with Crippen LogP contribution in [0.1, 0.15) is 5.56 Å². The summed E-state index contributed by atoms with van der Waals surface area (Å²) in [7, 11) is 0. The number of hydrogen-bond donors (Lipinski definition) is 0. The topological polar surface area (TPSA) is 9.23 Å². The number of hydrogen-bond acceptors (Lipinski definition) is 2. The molecular formula is C10H12Br2OS. The minimum absolute atomic E-state index is 0.757. The molecule has 0 unspecified atom stereocenters. The molecule has 1 aromatic rings. The summed E-state index contributed by atoms with van der Waals surface area (Å²) in [4.78, 5) is 0. The summed E-state index contributed by atoms with van der Waals surface area (Å²) in [6.45, 7) is 0.757. The molecule has 0 saturated heterocycles. The molecule has 1 nitrogen and oxygen atoms in total. The highest BCUT2D eigenvalue weighted by molar-refractivity contribution is 9.10. The Balaban J connectivity index is 2.59. The largest absolute Gasteiger partial charge is 0.492 e. The summed E-state index contributed by atoms with van der Waals surface area (Å²) in [5, 5.41) is 0.872. The zero-order valence-corrected chi connectivity index (χ0v) is 11.9. The lowest BCUT2D eigenvalue weighted by Gasteiger charge is -2.08. The lowest BCUT2D eigenvalue weighted by molar-refractivity contribution is 0.342. The summed E-state index contributed by atoms with van der Waals surface area (Å²) in [5.74, 6) is 1.94. The first kappa shape index (κ1) is 12.4. The molecule has 1 aromatic carbocycles. The Hall–Kier alpha value is 0.330. The fourth-order valence-electron chi connectivity index (χ4n) is 0.979. The molecule has 0 atom stereocenters. The van der Waals surface area contributed by atoms with E-state index in [0.29, 0.717) is 0 Å². The molecule has 0 heterocycles. The van der Waals surface area contributed by atoms with Crippen molar-refractivity contribution < 1.29 is 4.74 Å². The van der Waals surface area contributed by atoms with E-state index in [0.717, 1.165) is 27.9 Å². The monoisotopic (exact) mass is 338 g/mol. The molecule has 0 spiro atoms. The predicted octanol–water partition coefficient (Wildman–Crippen LogP) is 4.09. The van der Waals surface area contributed by atoms with Crippen LogP contribution in [0, 0.1) is 0 Å². The molecule has 0 fully saturated rings. The molecule has 0 N–H and O–H groups in total. The van der Waals surface area contributed by atoms with Crippen LogP contribution in [0.4, 0.5) is 0 Å². The molecule has 0 aliphatic heterocycles. The molecular weight excluding hydrogens is 328 g/mol. The smallest absolute Gasteiger partial charge is 0.133 e. The number of halogens is 2. The maximum atomic E-state index is 5.59. The maximum absolute atomic E-state index is 5.59. The van der Waals surface area contributed by atoms with Crippen LogP contribution >= 0.6 is 43.6 Å². The van der Waals surface area contributed by atoms with E-state index in [9.17, 15) is 0 Å². The van der Waals surface area contributed by atoms with Gasteiger partial charge in [0.2, 0.25) is 0 Å². The molecule has 0 saturated carbocycles. The van der Waals surface area contributed by atoms with Crippen LogP contribution in [-0.2, 0) is 5.33 Å². The maximum Gasteiger partial charge on any atom is 0.133 e. The molecule has 0 aliphatic carbocycles. The Morgan fingerprint density at radius 3 is 2.79 bits per heavy atom. The molecule has 0 aromatic heterocycles. The van der Waals surface area contributed by atoms with Gasteiger partial charge in [0.05, 0.1) is 11.1 Å². The first-order valence-corrected chi connectivity index (χ1v) is 7.55. The van der Waals surface area contributed by atoms with Crippen LogP contribution in [0.3, 0.4) is 0 Å². The number of alkyl halides is 1. The van der Waals surface area contributed by atoms with Gasteiger partial charge in [-0.2, -0.15) is 11.8 Å². The molecule has 0 radical (unpaired) electrons.